The van der Waals surface area contributed by atoms with Gasteiger partial charge >= 0.3 is 0 Å². The number of nitrogens with one attached hydrogen (secondary N) is 2. The fourth-order valence-corrected chi connectivity index (χ4v) is 3.88. The van der Waals surface area contributed by atoms with Crippen molar-refractivity contribution in [2.75, 3.05) is 46.6 Å². The zero-order chi connectivity index (χ0) is 19.0. The number of hydrogen-bond acceptors (Lipinski definition) is 3. The Bertz CT molecular complexity index is 607. The third-order valence-corrected chi connectivity index (χ3v) is 5.84. The molecule has 5 nitrogen and oxygen atoms in total. The molecule has 1 aromatic rings. The van der Waals surface area contributed by atoms with Crippen molar-refractivity contribution in [1.29, 1.82) is 0 Å². The molecular weight excluding hydrogens is 338 g/mol. The molecule has 0 aromatic heterocycles. The van der Waals surface area contributed by atoms with Crippen LogP contribution in [0.15, 0.2) is 29.3 Å². The molecular formula is C22H35N3O2. The molecule has 3 rings (SSSR count). The van der Waals surface area contributed by atoms with Gasteiger partial charge in [-0.2, -0.15) is 0 Å². The second-order valence-corrected chi connectivity index (χ2v) is 7.93. The van der Waals surface area contributed by atoms with Crippen molar-refractivity contribution in [2.24, 2.45) is 10.9 Å². The van der Waals surface area contributed by atoms with Crippen LogP contribution in [0.3, 0.4) is 0 Å². The Balaban J connectivity index is 1.31. The second kappa shape index (κ2) is 10.1. The molecule has 1 aromatic carbocycles. The van der Waals surface area contributed by atoms with Crippen LogP contribution in [0.4, 0.5) is 0 Å². The van der Waals surface area contributed by atoms with Gasteiger partial charge in [0.2, 0.25) is 0 Å². The van der Waals surface area contributed by atoms with Gasteiger partial charge in [0.05, 0.1) is 0 Å². The third-order valence-electron chi connectivity index (χ3n) is 5.84. The largest absolute Gasteiger partial charge is 0.381 e. The molecule has 0 spiro atoms. The molecule has 2 aliphatic rings. The van der Waals surface area contributed by atoms with Gasteiger partial charge in [-0.25, -0.2) is 0 Å². The molecule has 0 unspecified atom stereocenters. The molecule has 2 N–H and O–H groups in total. The van der Waals surface area contributed by atoms with Crippen molar-refractivity contribution in [3.05, 3.63) is 35.4 Å². The molecule has 0 atom stereocenters. The maximum absolute atomic E-state index is 5.83. The monoisotopic (exact) mass is 373 g/mol. The highest BCUT2D eigenvalue weighted by Gasteiger charge is 2.44. The Hall–Kier alpha value is -1.59. The highest BCUT2D eigenvalue weighted by molar-refractivity contribution is 5.79. The number of nitrogens with zero attached hydrogens (tertiary/aromatic N) is 1. The SMILES string of the molecule is CN=C(NCCCOCC1CCOCC1)NCC1(c2ccccc2C)CC1. The van der Waals surface area contributed by atoms with E-state index >= 15 is 0 Å². The second-order valence-electron chi connectivity index (χ2n) is 7.93. The number of hydrogen-bond donors (Lipinski definition) is 2. The summed E-state index contributed by atoms with van der Waals surface area (Å²) < 4.78 is 11.2. The first-order chi connectivity index (χ1) is 13.2. The van der Waals surface area contributed by atoms with Crippen molar-refractivity contribution in [1.82, 2.24) is 10.6 Å². The number of rotatable bonds is 9. The fourth-order valence-electron chi connectivity index (χ4n) is 3.88. The lowest BCUT2D eigenvalue weighted by Gasteiger charge is -2.22. The summed E-state index contributed by atoms with van der Waals surface area (Å²) in [6.07, 6.45) is 5.77. The van der Waals surface area contributed by atoms with Gasteiger partial charge in [0.15, 0.2) is 5.96 Å². The van der Waals surface area contributed by atoms with Crippen LogP contribution in [0.25, 0.3) is 0 Å². The van der Waals surface area contributed by atoms with E-state index in [4.69, 9.17) is 9.47 Å². The fraction of sp³-hybridized carbons (Fsp3) is 0.682. The molecule has 0 radical (unpaired) electrons. The van der Waals surface area contributed by atoms with E-state index in [1.165, 1.54) is 24.0 Å². The molecule has 27 heavy (non-hydrogen) atoms. The highest BCUT2D eigenvalue weighted by Crippen LogP contribution is 2.48. The first-order valence-corrected chi connectivity index (χ1v) is 10.4. The van der Waals surface area contributed by atoms with Crippen LogP contribution in [-0.4, -0.2) is 52.5 Å². The van der Waals surface area contributed by atoms with E-state index in [0.717, 1.165) is 64.7 Å². The number of aryl methyl sites for hydroxylation is 1. The molecule has 2 fully saturated rings. The van der Waals surface area contributed by atoms with E-state index in [1.54, 1.807) is 0 Å². The average Bonchev–Trinajstić information content (AvgIpc) is 3.49. The molecule has 1 saturated carbocycles. The zero-order valence-corrected chi connectivity index (χ0v) is 16.9. The minimum Gasteiger partial charge on any atom is -0.381 e. The van der Waals surface area contributed by atoms with Crippen LogP contribution in [0.2, 0.25) is 0 Å². The van der Waals surface area contributed by atoms with Gasteiger partial charge < -0.3 is 20.1 Å². The van der Waals surface area contributed by atoms with E-state index in [9.17, 15) is 0 Å². The van der Waals surface area contributed by atoms with Gasteiger partial charge in [0, 0.05) is 52.0 Å². The molecule has 1 aliphatic carbocycles. The lowest BCUT2D eigenvalue weighted by Crippen LogP contribution is -2.41. The van der Waals surface area contributed by atoms with E-state index < -0.39 is 0 Å². The summed E-state index contributed by atoms with van der Waals surface area (Å²) in [5, 5.41) is 6.94. The number of aliphatic imine (C=N–C) groups is 1. The summed E-state index contributed by atoms with van der Waals surface area (Å²) in [5.41, 5.74) is 3.16. The Morgan fingerprint density at radius 3 is 2.70 bits per heavy atom. The number of guanidine groups is 1. The minimum atomic E-state index is 0.287. The van der Waals surface area contributed by atoms with Gasteiger partial charge in [-0.15, -0.1) is 0 Å². The van der Waals surface area contributed by atoms with Crippen LogP contribution in [-0.2, 0) is 14.9 Å². The highest BCUT2D eigenvalue weighted by atomic mass is 16.5. The Labute approximate surface area is 163 Å². The molecule has 5 heteroatoms. The lowest BCUT2D eigenvalue weighted by molar-refractivity contribution is 0.0203. The average molecular weight is 374 g/mol. The van der Waals surface area contributed by atoms with E-state index in [0.29, 0.717) is 5.92 Å². The lowest BCUT2D eigenvalue weighted by atomic mass is 9.92. The Morgan fingerprint density at radius 2 is 2.00 bits per heavy atom. The molecule has 0 amide bonds. The normalized spacial score (nSPS) is 19.7. The zero-order valence-electron chi connectivity index (χ0n) is 16.9. The standard InChI is InChI=1S/C22H35N3O2/c1-18-6-3-4-7-20(18)22(10-11-22)17-25-21(23-2)24-12-5-13-27-16-19-8-14-26-15-9-19/h3-4,6-7,19H,5,8-17H2,1-2H3,(H2,23,24,25). The molecule has 0 bridgehead atoms. The van der Waals surface area contributed by atoms with Crippen molar-refractivity contribution in [2.45, 2.75) is 44.4 Å². The van der Waals surface area contributed by atoms with Crippen molar-refractivity contribution in [3.8, 4) is 0 Å². The van der Waals surface area contributed by atoms with Crippen molar-refractivity contribution < 1.29 is 9.47 Å². The topological polar surface area (TPSA) is 54.9 Å². The van der Waals surface area contributed by atoms with Gasteiger partial charge in [0.25, 0.3) is 0 Å². The summed E-state index contributed by atoms with van der Waals surface area (Å²) in [6, 6.07) is 8.75. The van der Waals surface area contributed by atoms with Crippen LogP contribution < -0.4 is 10.6 Å². The predicted octanol–water partition coefficient (Wildman–Crippen LogP) is 3.02. The smallest absolute Gasteiger partial charge is 0.191 e. The Kier molecular flexibility index (Phi) is 7.53. The van der Waals surface area contributed by atoms with E-state index in [1.807, 2.05) is 7.05 Å². The quantitative estimate of drug-likeness (QED) is 0.397. The summed E-state index contributed by atoms with van der Waals surface area (Å²) in [4.78, 5) is 4.37. The summed E-state index contributed by atoms with van der Waals surface area (Å²) in [5.74, 6) is 1.57. The first kappa shape index (κ1) is 20.2. The van der Waals surface area contributed by atoms with Crippen LogP contribution in [0, 0.1) is 12.8 Å². The Morgan fingerprint density at radius 1 is 1.22 bits per heavy atom. The maximum Gasteiger partial charge on any atom is 0.191 e. The number of benzene rings is 1. The van der Waals surface area contributed by atoms with Gasteiger partial charge in [-0.1, -0.05) is 24.3 Å². The first-order valence-electron chi connectivity index (χ1n) is 10.4. The van der Waals surface area contributed by atoms with Gasteiger partial charge in [-0.05, 0) is 56.1 Å². The van der Waals surface area contributed by atoms with Crippen LogP contribution >= 0.6 is 0 Å². The molecule has 1 saturated heterocycles. The van der Waals surface area contributed by atoms with Crippen LogP contribution in [0.5, 0.6) is 0 Å². The molecule has 1 aliphatic heterocycles. The summed E-state index contributed by atoms with van der Waals surface area (Å²) >= 11 is 0. The predicted molar refractivity (Wildman–Crippen MR) is 110 cm³/mol. The van der Waals surface area contributed by atoms with Gasteiger partial charge in [-0.3, -0.25) is 4.99 Å². The summed E-state index contributed by atoms with van der Waals surface area (Å²) in [7, 11) is 1.84. The summed E-state index contributed by atoms with van der Waals surface area (Å²) in [6.45, 7) is 7.48. The van der Waals surface area contributed by atoms with Crippen molar-refractivity contribution in [3.63, 3.8) is 0 Å². The van der Waals surface area contributed by atoms with E-state index in [2.05, 4.69) is 46.8 Å². The van der Waals surface area contributed by atoms with Crippen LogP contribution in [0.1, 0.15) is 43.2 Å². The van der Waals surface area contributed by atoms with Crippen molar-refractivity contribution >= 4 is 5.96 Å². The molecule has 1 heterocycles. The van der Waals surface area contributed by atoms with E-state index in [-0.39, 0.29) is 5.41 Å². The number of ether oxygens (including phenoxy) is 2. The maximum atomic E-state index is 5.83. The molecule has 150 valence electrons. The minimum absolute atomic E-state index is 0.287. The third kappa shape index (κ3) is 5.94. The van der Waals surface area contributed by atoms with Gasteiger partial charge in [0.1, 0.15) is 0 Å².